The highest BCUT2D eigenvalue weighted by atomic mass is 16.5. The van der Waals surface area contributed by atoms with Crippen LogP contribution in [0, 0.1) is 0 Å². The summed E-state index contributed by atoms with van der Waals surface area (Å²) in [7, 11) is 7.07. The first kappa shape index (κ1) is 44.6. The van der Waals surface area contributed by atoms with Gasteiger partial charge < -0.3 is 18.9 Å². The maximum Gasteiger partial charge on any atom is 0.122 e. The molecule has 0 aromatic heterocycles. The highest BCUT2D eigenvalue weighted by Crippen LogP contribution is 2.51. The Kier molecular flexibility index (Phi) is 11.1. The van der Waals surface area contributed by atoms with Gasteiger partial charge in [0, 0.05) is 22.3 Å². The number of hydrogen-bond acceptors (Lipinski definition) is 4. The summed E-state index contributed by atoms with van der Waals surface area (Å²) in [4.78, 5) is 0. The van der Waals surface area contributed by atoms with Gasteiger partial charge in [-0.1, -0.05) is 132 Å². The lowest BCUT2D eigenvalue weighted by atomic mass is 9.79. The second kappa shape index (κ2) is 15.9. The van der Waals surface area contributed by atoms with Crippen LogP contribution in [-0.4, -0.2) is 28.4 Å². The zero-order valence-electron chi connectivity index (χ0n) is 41.0. The lowest BCUT2D eigenvalue weighted by molar-refractivity contribution is 0.397. The van der Waals surface area contributed by atoms with E-state index in [2.05, 4.69) is 192 Å². The van der Waals surface area contributed by atoms with Crippen molar-refractivity contribution in [1.29, 1.82) is 0 Å². The minimum Gasteiger partial charge on any atom is -0.496 e. The number of benzene rings is 8. The standard InChI is InChI=1S/C60H66O4/c1-57(2,3)47-29-35(17-25-51(47)61-13)43-33-44(36-18-26-52(62-14)48(30-36)58(4,5)6)40-23-24-42-46(38-20-28-54(64-16)50(32-38)60(10,11)12)34-45(41-22-21-39(43)55(40)56(41)42)37-19-27-53(63-15)49(31-37)59(7,8)9/h17-34H,1-16H3. The SMILES string of the molecule is COc1ccc(-c2cc(-c3ccc(OC)c(C(C)(C)C)c3)c3ccc4c(-c5ccc(OC)c(C(C)(C)C)c5)cc(-c5ccc(OC)c(C(C)(C)C)c5)c5ccc2c3c54)cc1C(C)(C)C. The third-order valence-electron chi connectivity index (χ3n) is 13.2. The molecule has 8 aromatic rings. The normalized spacial score (nSPS) is 12.7. The summed E-state index contributed by atoms with van der Waals surface area (Å²) in [6.07, 6.45) is 0. The Morgan fingerprint density at radius 1 is 0.266 bits per heavy atom. The first-order chi connectivity index (χ1) is 30.1. The Bertz CT molecular complexity index is 2660. The largest absolute Gasteiger partial charge is 0.496 e. The lowest BCUT2D eigenvalue weighted by Crippen LogP contribution is -2.13. The fourth-order valence-corrected chi connectivity index (χ4v) is 9.79. The second-order valence-corrected chi connectivity index (χ2v) is 21.7. The van der Waals surface area contributed by atoms with Crippen molar-refractivity contribution in [2.24, 2.45) is 0 Å². The van der Waals surface area contributed by atoms with E-state index < -0.39 is 0 Å². The van der Waals surface area contributed by atoms with Crippen molar-refractivity contribution in [2.75, 3.05) is 28.4 Å². The van der Waals surface area contributed by atoms with Gasteiger partial charge in [0.15, 0.2) is 0 Å². The molecule has 0 unspecified atom stereocenters. The molecule has 0 saturated carbocycles. The van der Waals surface area contributed by atoms with E-state index in [-0.39, 0.29) is 21.7 Å². The Labute approximate surface area is 381 Å². The molecular formula is C60H66O4. The van der Waals surface area contributed by atoms with Gasteiger partial charge in [-0.05, 0) is 159 Å². The molecule has 0 amide bonds. The van der Waals surface area contributed by atoms with Crippen LogP contribution >= 0.6 is 0 Å². The summed E-state index contributed by atoms with van der Waals surface area (Å²) < 4.78 is 23.9. The topological polar surface area (TPSA) is 36.9 Å². The number of methoxy groups -OCH3 is 4. The van der Waals surface area contributed by atoms with Crippen LogP contribution in [0.4, 0.5) is 0 Å². The third kappa shape index (κ3) is 7.73. The molecule has 0 aliphatic rings. The van der Waals surface area contributed by atoms with Gasteiger partial charge in [-0.15, -0.1) is 0 Å². The van der Waals surface area contributed by atoms with Gasteiger partial charge in [0.1, 0.15) is 23.0 Å². The average molecular weight is 851 g/mol. The van der Waals surface area contributed by atoms with E-state index in [9.17, 15) is 0 Å². The Morgan fingerprint density at radius 2 is 0.469 bits per heavy atom. The fourth-order valence-electron chi connectivity index (χ4n) is 9.79. The molecule has 64 heavy (non-hydrogen) atoms. The average Bonchev–Trinajstić information content (AvgIpc) is 3.25. The maximum absolute atomic E-state index is 5.97. The van der Waals surface area contributed by atoms with Crippen molar-refractivity contribution in [2.45, 2.75) is 105 Å². The molecule has 8 rings (SSSR count). The van der Waals surface area contributed by atoms with Crippen LogP contribution in [0.15, 0.2) is 109 Å². The van der Waals surface area contributed by atoms with E-state index in [4.69, 9.17) is 18.9 Å². The Morgan fingerprint density at radius 3 is 0.641 bits per heavy atom. The van der Waals surface area contributed by atoms with Crippen LogP contribution in [-0.2, 0) is 21.7 Å². The van der Waals surface area contributed by atoms with Gasteiger partial charge in [0.05, 0.1) is 28.4 Å². The number of ether oxygens (including phenoxy) is 4. The van der Waals surface area contributed by atoms with Crippen molar-refractivity contribution in [3.63, 3.8) is 0 Å². The maximum atomic E-state index is 5.97. The van der Waals surface area contributed by atoms with Crippen molar-refractivity contribution in [3.05, 3.63) is 131 Å². The zero-order chi connectivity index (χ0) is 46.3. The molecule has 4 nitrogen and oxygen atoms in total. The summed E-state index contributed by atoms with van der Waals surface area (Å²) >= 11 is 0. The van der Waals surface area contributed by atoms with E-state index >= 15 is 0 Å². The van der Waals surface area contributed by atoms with Crippen molar-refractivity contribution >= 4 is 32.3 Å². The predicted octanol–water partition coefficient (Wildman–Crippen LogP) is 16.5. The van der Waals surface area contributed by atoms with Gasteiger partial charge in [-0.2, -0.15) is 0 Å². The molecule has 0 heterocycles. The molecule has 0 bridgehead atoms. The smallest absolute Gasteiger partial charge is 0.122 e. The monoisotopic (exact) mass is 850 g/mol. The summed E-state index contributed by atoms with van der Waals surface area (Å²) in [6, 6.07) is 41.1. The molecule has 0 aliphatic heterocycles. The molecule has 8 aromatic carbocycles. The quantitative estimate of drug-likeness (QED) is 0.143. The summed E-state index contributed by atoms with van der Waals surface area (Å²) in [5.41, 5.74) is 13.5. The molecule has 0 spiro atoms. The molecule has 0 radical (unpaired) electrons. The molecule has 4 heteroatoms. The molecule has 0 atom stereocenters. The summed E-state index contributed by atoms with van der Waals surface area (Å²) in [6.45, 7) is 27.1. The first-order valence-electron chi connectivity index (χ1n) is 22.6. The van der Waals surface area contributed by atoms with Gasteiger partial charge >= 0.3 is 0 Å². The molecule has 0 fully saturated rings. The molecule has 0 saturated heterocycles. The predicted molar refractivity (Wildman–Crippen MR) is 273 cm³/mol. The van der Waals surface area contributed by atoms with Crippen LogP contribution in [0.1, 0.15) is 105 Å². The molecule has 330 valence electrons. The van der Waals surface area contributed by atoms with E-state index in [1.807, 2.05) is 0 Å². The van der Waals surface area contributed by atoms with Crippen LogP contribution in [0.3, 0.4) is 0 Å². The highest BCUT2D eigenvalue weighted by molar-refractivity contribution is 6.32. The van der Waals surface area contributed by atoms with Gasteiger partial charge in [-0.3, -0.25) is 0 Å². The molecule has 0 N–H and O–H groups in total. The van der Waals surface area contributed by atoms with Crippen molar-refractivity contribution in [3.8, 4) is 67.5 Å². The molecular weight excluding hydrogens is 785 g/mol. The number of hydrogen-bond donors (Lipinski definition) is 0. The van der Waals surface area contributed by atoms with Crippen LogP contribution in [0.25, 0.3) is 76.8 Å². The minimum atomic E-state index is -0.135. The van der Waals surface area contributed by atoms with E-state index in [1.165, 1.54) is 76.8 Å². The summed E-state index contributed by atoms with van der Waals surface area (Å²) in [5.74, 6) is 3.60. The fraction of sp³-hybridized carbons (Fsp3) is 0.333. The highest BCUT2D eigenvalue weighted by Gasteiger charge is 2.27. The van der Waals surface area contributed by atoms with Gasteiger partial charge in [0.25, 0.3) is 0 Å². The van der Waals surface area contributed by atoms with E-state index in [0.29, 0.717) is 0 Å². The summed E-state index contributed by atoms with van der Waals surface area (Å²) in [5, 5.41) is 7.35. The zero-order valence-corrected chi connectivity index (χ0v) is 41.0. The van der Waals surface area contributed by atoms with Crippen molar-refractivity contribution < 1.29 is 18.9 Å². The van der Waals surface area contributed by atoms with Crippen LogP contribution in [0.2, 0.25) is 0 Å². The minimum absolute atomic E-state index is 0.135. The van der Waals surface area contributed by atoms with E-state index in [0.717, 1.165) is 45.3 Å². The number of rotatable bonds is 8. The first-order valence-corrected chi connectivity index (χ1v) is 22.6. The van der Waals surface area contributed by atoms with Crippen molar-refractivity contribution in [1.82, 2.24) is 0 Å². The third-order valence-corrected chi connectivity index (χ3v) is 13.2. The molecule has 0 aliphatic carbocycles. The Balaban J connectivity index is 1.58. The second-order valence-electron chi connectivity index (χ2n) is 21.7. The van der Waals surface area contributed by atoms with Gasteiger partial charge in [0.2, 0.25) is 0 Å². The van der Waals surface area contributed by atoms with Crippen LogP contribution < -0.4 is 18.9 Å². The van der Waals surface area contributed by atoms with Crippen LogP contribution in [0.5, 0.6) is 23.0 Å². The Hall–Kier alpha value is -6.00. The van der Waals surface area contributed by atoms with Gasteiger partial charge in [-0.25, -0.2) is 0 Å². The van der Waals surface area contributed by atoms with E-state index in [1.54, 1.807) is 28.4 Å². The lowest BCUT2D eigenvalue weighted by Gasteiger charge is -2.26.